The summed E-state index contributed by atoms with van der Waals surface area (Å²) in [4.78, 5) is 24.2. The van der Waals surface area contributed by atoms with Gasteiger partial charge in [0.2, 0.25) is 34.8 Å². The Bertz CT molecular complexity index is 957. The molecule has 1 aliphatic rings. The summed E-state index contributed by atoms with van der Waals surface area (Å²) >= 11 is 0. The van der Waals surface area contributed by atoms with Gasteiger partial charge in [-0.25, -0.2) is 22.0 Å². The first-order valence-corrected chi connectivity index (χ1v) is 8.32. The molecule has 2 atom stereocenters. The van der Waals surface area contributed by atoms with Gasteiger partial charge in [0, 0.05) is 24.3 Å². The number of benzene rings is 2. The van der Waals surface area contributed by atoms with E-state index in [-0.39, 0.29) is 12.8 Å². The molecule has 10 heteroatoms. The zero-order valence-corrected chi connectivity index (χ0v) is 14.4. The van der Waals surface area contributed by atoms with Crippen molar-refractivity contribution in [3.8, 4) is 5.75 Å². The molecule has 0 spiro atoms. The number of hydrogen-bond acceptors (Lipinski definition) is 3. The van der Waals surface area contributed by atoms with Gasteiger partial charge in [0.1, 0.15) is 17.4 Å². The van der Waals surface area contributed by atoms with E-state index < -0.39 is 82.0 Å². The minimum Gasteiger partial charge on any atom is -0.420 e. The summed E-state index contributed by atoms with van der Waals surface area (Å²) in [5.41, 5.74) is -0.597. The van der Waals surface area contributed by atoms with E-state index >= 15 is 0 Å². The molecule has 0 aromatic heterocycles. The van der Waals surface area contributed by atoms with Gasteiger partial charge in [-0.2, -0.15) is 8.78 Å². The van der Waals surface area contributed by atoms with Gasteiger partial charge in [0.15, 0.2) is 0 Å². The monoisotopic (exact) mass is 420 g/mol. The minimum absolute atomic E-state index is 0.191. The summed E-state index contributed by atoms with van der Waals surface area (Å²) in [6, 6.07) is 2.84. The van der Waals surface area contributed by atoms with E-state index in [1.807, 2.05) is 0 Å². The Hall–Kier alpha value is -2.91. The summed E-state index contributed by atoms with van der Waals surface area (Å²) in [6.07, 6.45) is -0.941. The molecule has 0 radical (unpaired) electrons. The van der Waals surface area contributed by atoms with Crippen molar-refractivity contribution in [2.24, 2.45) is 5.92 Å². The SMILES string of the molecule is O=C1CC[C@@H](C(=O)Oc2c(F)c(F)c(F)c(F)c2F)C(c2c(F)cccc2F)C1. The van der Waals surface area contributed by atoms with Crippen molar-refractivity contribution in [2.75, 3.05) is 0 Å². The second kappa shape index (κ2) is 7.84. The molecule has 2 aromatic carbocycles. The Morgan fingerprint density at radius 1 is 0.862 bits per heavy atom. The van der Waals surface area contributed by atoms with Gasteiger partial charge in [-0.3, -0.25) is 9.59 Å². The van der Waals surface area contributed by atoms with Crippen LogP contribution in [0, 0.1) is 46.6 Å². The van der Waals surface area contributed by atoms with Crippen LogP contribution in [0.3, 0.4) is 0 Å². The zero-order valence-electron chi connectivity index (χ0n) is 14.4. The Morgan fingerprint density at radius 2 is 1.38 bits per heavy atom. The maximum Gasteiger partial charge on any atom is 0.315 e. The summed E-state index contributed by atoms with van der Waals surface area (Å²) in [7, 11) is 0. The maximum atomic E-state index is 14.1. The number of esters is 1. The molecule has 3 rings (SSSR count). The van der Waals surface area contributed by atoms with Crippen LogP contribution in [0.1, 0.15) is 30.7 Å². The van der Waals surface area contributed by atoms with Crippen molar-refractivity contribution in [1.29, 1.82) is 0 Å². The Balaban J connectivity index is 1.99. The van der Waals surface area contributed by atoms with Gasteiger partial charge in [-0.05, 0) is 18.6 Å². The van der Waals surface area contributed by atoms with Crippen LogP contribution in [-0.4, -0.2) is 11.8 Å². The van der Waals surface area contributed by atoms with Crippen molar-refractivity contribution in [2.45, 2.75) is 25.2 Å². The number of ketones is 1. The normalized spacial score (nSPS) is 19.3. The molecule has 0 N–H and O–H groups in total. The highest BCUT2D eigenvalue weighted by Crippen LogP contribution is 2.40. The van der Waals surface area contributed by atoms with Crippen molar-refractivity contribution >= 4 is 11.8 Å². The van der Waals surface area contributed by atoms with Crippen LogP contribution in [0.4, 0.5) is 30.7 Å². The number of carbonyl (C=O) groups is 2. The van der Waals surface area contributed by atoms with Crippen LogP contribution in [0.5, 0.6) is 5.75 Å². The molecule has 0 saturated heterocycles. The number of hydrogen-bond donors (Lipinski definition) is 0. The third-order valence-electron chi connectivity index (χ3n) is 4.71. The van der Waals surface area contributed by atoms with E-state index in [9.17, 15) is 40.3 Å². The molecular formula is C19H11F7O3. The first-order chi connectivity index (χ1) is 13.6. The lowest BCUT2D eigenvalue weighted by molar-refractivity contribution is -0.142. The predicted octanol–water partition coefficient (Wildman–Crippen LogP) is 4.72. The fourth-order valence-electron chi connectivity index (χ4n) is 3.31. The molecule has 0 aliphatic heterocycles. The number of rotatable bonds is 3. The molecule has 0 heterocycles. The van der Waals surface area contributed by atoms with Crippen molar-refractivity contribution in [3.63, 3.8) is 0 Å². The van der Waals surface area contributed by atoms with Crippen LogP contribution in [0.15, 0.2) is 18.2 Å². The quantitative estimate of drug-likeness (QED) is 0.237. The highest BCUT2D eigenvalue weighted by Gasteiger charge is 2.40. The van der Waals surface area contributed by atoms with Gasteiger partial charge in [-0.1, -0.05) is 6.07 Å². The topological polar surface area (TPSA) is 43.4 Å². The van der Waals surface area contributed by atoms with Crippen LogP contribution in [-0.2, 0) is 9.59 Å². The summed E-state index contributed by atoms with van der Waals surface area (Å²) in [5.74, 6) is -20.5. The maximum absolute atomic E-state index is 14.1. The van der Waals surface area contributed by atoms with Gasteiger partial charge in [0.05, 0.1) is 5.92 Å². The first-order valence-electron chi connectivity index (χ1n) is 8.32. The fourth-order valence-corrected chi connectivity index (χ4v) is 3.31. The zero-order chi connectivity index (χ0) is 21.5. The Morgan fingerprint density at radius 3 is 1.93 bits per heavy atom. The van der Waals surface area contributed by atoms with Crippen LogP contribution in [0.25, 0.3) is 0 Å². The number of ether oxygens (including phenoxy) is 1. The second-order valence-corrected chi connectivity index (χ2v) is 6.45. The van der Waals surface area contributed by atoms with Crippen molar-refractivity contribution < 1.29 is 45.1 Å². The molecule has 29 heavy (non-hydrogen) atoms. The van der Waals surface area contributed by atoms with E-state index in [0.29, 0.717) is 0 Å². The lowest BCUT2D eigenvalue weighted by Gasteiger charge is -2.30. The van der Waals surface area contributed by atoms with Gasteiger partial charge in [0.25, 0.3) is 0 Å². The van der Waals surface area contributed by atoms with Crippen LogP contribution < -0.4 is 4.74 Å². The molecule has 3 nitrogen and oxygen atoms in total. The molecule has 1 fully saturated rings. The van der Waals surface area contributed by atoms with Crippen LogP contribution >= 0.6 is 0 Å². The summed E-state index contributed by atoms with van der Waals surface area (Å²) in [5, 5.41) is 0. The van der Waals surface area contributed by atoms with Crippen LogP contribution in [0.2, 0.25) is 0 Å². The number of Topliss-reactive ketones (excluding diaryl/α,β-unsaturated/α-hetero) is 1. The first kappa shape index (κ1) is 20.8. The molecule has 154 valence electrons. The van der Waals surface area contributed by atoms with Crippen molar-refractivity contribution in [3.05, 3.63) is 64.5 Å². The highest BCUT2D eigenvalue weighted by atomic mass is 19.2. The fraction of sp³-hybridized carbons (Fsp3) is 0.263. The van der Waals surface area contributed by atoms with Gasteiger partial charge < -0.3 is 4.74 Å². The van der Waals surface area contributed by atoms with E-state index in [4.69, 9.17) is 0 Å². The molecule has 0 amide bonds. The lowest BCUT2D eigenvalue weighted by atomic mass is 9.74. The van der Waals surface area contributed by atoms with E-state index in [1.165, 1.54) is 0 Å². The van der Waals surface area contributed by atoms with Crippen molar-refractivity contribution in [1.82, 2.24) is 0 Å². The molecule has 0 bridgehead atoms. The lowest BCUT2D eigenvalue weighted by Crippen LogP contribution is -2.33. The third kappa shape index (κ3) is 3.70. The highest BCUT2D eigenvalue weighted by molar-refractivity contribution is 5.85. The van der Waals surface area contributed by atoms with Gasteiger partial charge >= 0.3 is 5.97 Å². The summed E-state index contributed by atoms with van der Waals surface area (Å²) < 4.78 is 99.9. The molecule has 1 saturated carbocycles. The standard InChI is InChI=1S/C19H11F7O3/c20-10-2-1-3-11(21)12(10)9-6-7(27)4-5-8(9)19(28)29-18-16(25)14(23)13(22)15(24)17(18)26/h1-3,8-9H,4-6H2/t8-,9?/m1/s1. The molecule has 2 aromatic rings. The number of halogens is 7. The van der Waals surface area contributed by atoms with E-state index in [0.717, 1.165) is 18.2 Å². The second-order valence-electron chi connectivity index (χ2n) is 6.45. The smallest absolute Gasteiger partial charge is 0.315 e. The Labute approximate surface area is 159 Å². The number of carbonyl (C=O) groups excluding carboxylic acids is 2. The Kier molecular flexibility index (Phi) is 5.63. The van der Waals surface area contributed by atoms with E-state index in [1.54, 1.807) is 0 Å². The van der Waals surface area contributed by atoms with E-state index in [2.05, 4.69) is 4.74 Å². The third-order valence-corrected chi connectivity index (χ3v) is 4.71. The average Bonchev–Trinajstić information content (AvgIpc) is 2.68. The molecule has 1 unspecified atom stereocenters. The molecular weight excluding hydrogens is 409 g/mol. The minimum atomic E-state index is -2.44. The summed E-state index contributed by atoms with van der Waals surface area (Å²) in [6.45, 7) is 0. The largest absolute Gasteiger partial charge is 0.420 e. The predicted molar refractivity (Wildman–Crippen MR) is 83.3 cm³/mol. The van der Waals surface area contributed by atoms with Gasteiger partial charge in [-0.15, -0.1) is 0 Å². The average molecular weight is 420 g/mol. The molecule has 1 aliphatic carbocycles.